The van der Waals surface area contributed by atoms with Crippen molar-refractivity contribution >= 4 is 5.69 Å². The van der Waals surface area contributed by atoms with Crippen LogP contribution in [0.15, 0.2) is 24.3 Å². The first-order chi connectivity index (χ1) is 8.93. The van der Waals surface area contributed by atoms with E-state index >= 15 is 0 Å². The number of hydrogen-bond acceptors (Lipinski definition) is 3. The molecule has 0 amide bonds. The van der Waals surface area contributed by atoms with Crippen molar-refractivity contribution in [2.75, 3.05) is 38.1 Å². The van der Waals surface area contributed by atoms with Crippen molar-refractivity contribution in [2.24, 2.45) is 5.73 Å². The minimum atomic E-state index is -4.33. The normalized spacial score (nSPS) is 21.7. The molecule has 1 unspecified atom stereocenters. The van der Waals surface area contributed by atoms with E-state index in [1.54, 1.807) is 11.0 Å². The Bertz CT molecular complexity index is 433. The molecule has 2 N–H and O–H groups in total. The Balaban J connectivity index is 2.35. The molecule has 106 valence electrons. The molecule has 2 rings (SSSR count). The molecule has 1 heterocycles. The van der Waals surface area contributed by atoms with Gasteiger partial charge in [-0.3, -0.25) is 0 Å². The van der Waals surface area contributed by atoms with Gasteiger partial charge in [0.1, 0.15) is 0 Å². The summed E-state index contributed by atoms with van der Waals surface area (Å²) in [7, 11) is 1.95. The third-order valence-electron chi connectivity index (χ3n) is 3.48. The molecule has 1 aliphatic heterocycles. The zero-order chi connectivity index (χ0) is 14.0. The smallest absolute Gasteiger partial charge is 0.364 e. The zero-order valence-electron chi connectivity index (χ0n) is 10.8. The van der Waals surface area contributed by atoms with Crippen molar-refractivity contribution in [3.05, 3.63) is 29.8 Å². The average molecular weight is 273 g/mol. The van der Waals surface area contributed by atoms with E-state index in [-0.39, 0.29) is 11.7 Å². The van der Waals surface area contributed by atoms with Crippen LogP contribution in [0.2, 0.25) is 0 Å². The standard InChI is InChI=1S/C13H18F3N3/c1-18-6-7-19(10(8-17)9-18)12-5-3-2-4-11(12)13(14,15)16/h2-5,10H,6-9,17H2,1H3. The topological polar surface area (TPSA) is 32.5 Å². The summed E-state index contributed by atoms with van der Waals surface area (Å²) in [5.74, 6) is 0. The van der Waals surface area contributed by atoms with Crippen LogP contribution in [-0.2, 0) is 6.18 Å². The molecule has 0 spiro atoms. The number of benzene rings is 1. The van der Waals surface area contributed by atoms with Gasteiger partial charge in [0, 0.05) is 31.9 Å². The highest BCUT2D eigenvalue weighted by Crippen LogP contribution is 2.37. The van der Waals surface area contributed by atoms with Crippen LogP contribution in [-0.4, -0.2) is 44.2 Å². The van der Waals surface area contributed by atoms with E-state index in [2.05, 4.69) is 4.90 Å². The van der Waals surface area contributed by atoms with E-state index < -0.39 is 11.7 Å². The fraction of sp³-hybridized carbons (Fsp3) is 0.538. The van der Waals surface area contributed by atoms with Gasteiger partial charge in [-0.05, 0) is 19.2 Å². The molecule has 0 bridgehead atoms. The van der Waals surface area contributed by atoms with Crippen molar-refractivity contribution in [1.82, 2.24) is 4.90 Å². The molecule has 1 aliphatic rings. The van der Waals surface area contributed by atoms with Gasteiger partial charge in [0.25, 0.3) is 0 Å². The highest BCUT2D eigenvalue weighted by molar-refractivity contribution is 5.56. The van der Waals surface area contributed by atoms with Crippen LogP contribution in [0.1, 0.15) is 5.56 Å². The van der Waals surface area contributed by atoms with Gasteiger partial charge < -0.3 is 15.5 Å². The van der Waals surface area contributed by atoms with Gasteiger partial charge in [0.15, 0.2) is 0 Å². The van der Waals surface area contributed by atoms with Gasteiger partial charge >= 0.3 is 6.18 Å². The Morgan fingerprint density at radius 2 is 1.95 bits per heavy atom. The maximum Gasteiger partial charge on any atom is 0.418 e. The average Bonchev–Trinajstić information content (AvgIpc) is 2.37. The highest BCUT2D eigenvalue weighted by atomic mass is 19.4. The number of para-hydroxylation sites is 1. The third-order valence-corrected chi connectivity index (χ3v) is 3.48. The number of alkyl halides is 3. The Morgan fingerprint density at radius 1 is 1.26 bits per heavy atom. The molecular weight excluding hydrogens is 255 g/mol. The molecule has 3 nitrogen and oxygen atoms in total. The first kappa shape index (κ1) is 14.1. The molecular formula is C13H18F3N3. The van der Waals surface area contributed by atoms with E-state index in [9.17, 15) is 13.2 Å². The molecule has 0 aliphatic carbocycles. The number of nitrogens with zero attached hydrogens (tertiary/aromatic N) is 2. The number of nitrogens with two attached hydrogens (primary N) is 1. The first-order valence-electron chi connectivity index (χ1n) is 6.25. The van der Waals surface area contributed by atoms with Crippen LogP contribution < -0.4 is 10.6 Å². The summed E-state index contributed by atoms with van der Waals surface area (Å²) in [6, 6.07) is 5.62. The molecule has 0 radical (unpaired) electrons. The number of hydrogen-bond donors (Lipinski definition) is 1. The monoisotopic (exact) mass is 273 g/mol. The number of halogens is 3. The fourth-order valence-electron chi connectivity index (χ4n) is 2.49. The highest BCUT2D eigenvalue weighted by Gasteiger charge is 2.36. The predicted molar refractivity (Wildman–Crippen MR) is 69.1 cm³/mol. The van der Waals surface area contributed by atoms with Crippen molar-refractivity contribution in [3.8, 4) is 0 Å². The molecule has 0 aromatic heterocycles. The summed E-state index contributed by atoms with van der Waals surface area (Å²) in [6.45, 7) is 2.33. The molecule has 1 saturated heterocycles. The van der Waals surface area contributed by atoms with Crippen LogP contribution in [0, 0.1) is 0 Å². The van der Waals surface area contributed by atoms with E-state index in [0.29, 0.717) is 19.6 Å². The minimum absolute atomic E-state index is 0.0813. The zero-order valence-corrected chi connectivity index (χ0v) is 10.8. The molecule has 1 fully saturated rings. The predicted octanol–water partition coefficient (Wildman–Crippen LogP) is 1.78. The van der Waals surface area contributed by atoms with Crippen LogP contribution >= 0.6 is 0 Å². The lowest BCUT2D eigenvalue weighted by atomic mass is 10.1. The Labute approximate surface area is 110 Å². The second-order valence-electron chi connectivity index (χ2n) is 4.86. The summed E-state index contributed by atoms with van der Waals surface area (Å²) in [4.78, 5) is 3.87. The SMILES string of the molecule is CN1CCN(c2ccccc2C(F)(F)F)C(CN)C1. The van der Waals surface area contributed by atoms with Crippen LogP contribution in [0.5, 0.6) is 0 Å². The number of rotatable bonds is 2. The van der Waals surface area contributed by atoms with E-state index in [4.69, 9.17) is 5.73 Å². The second kappa shape index (κ2) is 5.38. The lowest BCUT2D eigenvalue weighted by Gasteiger charge is -2.42. The summed E-state index contributed by atoms with van der Waals surface area (Å²) in [6.07, 6.45) is -4.33. The molecule has 1 aromatic rings. The molecule has 0 saturated carbocycles. The van der Waals surface area contributed by atoms with Gasteiger partial charge in [-0.2, -0.15) is 13.2 Å². The number of likely N-dealkylation sites (N-methyl/N-ethyl adjacent to an activating group) is 1. The first-order valence-corrected chi connectivity index (χ1v) is 6.25. The van der Waals surface area contributed by atoms with Gasteiger partial charge in [-0.1, -0.05) is 12.1 Å². The van der Waals surface area contributed by atoms with Crippen LogP contribution in [0.3, 0.4) is 0 Å². The third kappa shape index (κ3) is 3.01. The molecule has 1 aromatic carbocycles. The van der Waals surface area contributed by atoms with Crippen molar-refractivity contribution in [3.63, 3.8) is 0 Å². The van der Waals surface area contributed by atoms with E-state index in [0.717, 1.165) is 12.6 Å². The number of piperazine rings is 1. The van der Waals surface area contributed by atoms with Crippen LogP contribution in [0.25, 0.3) is 0 Å². The fourth-order valence-corrected chi connectivity index (χ4v) is 2.49. The van der Waals surface area contributed by atoms with Gasteiger partial charge in [0.05, 0.1) is 11.6 Å². The van der Waals surface area contributed by atoms with Gasteiger partial charge in [-0.25, -0.2) is 0 Å². The van der Waals surface area contributed by atoms with Crippen molar-refractivity contribution < 1.29 is 13.2 Å². The quantitative estimate of drug-likeness (QED) is 0.891. The molecule has 1 atom stereocenters. The lowest BCUT2D eigenvalue weighted by Crippen LogP contribution is -2.55. The van der Waals surface area contributed by atoms with Crippen LogP contribution in [0.4, 0.5) is 18.9 Å². The molecule has 6 heteroatoms. The minimum Gasteiger partial charge on any atom is -0.364 e. The summed E-state index contributed by atoms with van der Waals surface area (Å²) in [5, 5.41) is 0. The van der Waals surface area contributed by atoms with Gasteiger partial charge in [0.2, 0.25) is 0 Å². The molecule has 19 heavy (non-hydrogen) atoms. The summed E-state index contributed by atoms with van der Waals surface area (Å²) in [5.41, 5.74) is 5.35. The number of anilines is 1. The van der Waals surface area contributed by atoms with E-state index in [1.807, 2.05) is 7.05 Å². The van der Waals surface area contributed by atoms with Gasteiger partial charge in [-0.15, -0.1) is 0 Å². The lowest BCUT2D eigenvalue weighted by molar-refractivity contribution is -0.137. The van der Waals surface area contributed by atoms with E-state index in [1.165, 1.54) is 12.1 Å². The maximum absolute atomic E-state index is 13.0. The summed E-state index contributed by atoms with van der Waals surface area (Å²) < 4.78 is 39.1. The van der Waals surface area contributed by atoms with Crippen molar-refractivity contribution in [1.29, 1.82) is 0 Å². The Kier molecular flexibility index (Phi) is 4.01. The maximum atomic E-state index is 13.0. The largest absolute Gasteiger partial charge is 0.418 e. The second-order valence-corrected chi connectivity index (χ2v) is 4.86. The summed E-state index contributed by atoms with van der Waals surface area (Å²) >= 11 is 0. The Morgan fingerprint density at radius 3 is 2.58 bits per heavy atom. The van der Waals surface area contributed by atoms with Crippen molar-refractivity contribution in [2.45, 2.75) is 12.2 Å². The Hall–Kier alpha value is -1.27.